The van der Waals surface area contributed by atoms with Crippen molar-refractivity contribution >= 4 is 11.7 Å². The Balaban J connectivity index is 1.72. The molecule has 1 aromatic carbocycles. The molecule has 2 amide bonds. The van der Waals surface area contributed by atoms with E-state index in [0.29, 0.717) is 31.9 Å². The second-order valence-electron chi connectivity index (χ2n) is 5.72. The third kappa shape index (κ3) is 4.61. The summed E-state index contributed by atoms with van der Waals surface area (Å²) in [6.45, 7) is 5.53. The van der Waals surface area contributed by atoms with Gasteiger partial charge in [0.2, 0.25) is 0 Å². The molecule has 0 bridgehead atoms. The van der Waals surface area contributed by atoms with Gasteiger partial charge in [0.25, 0.3) is 0 Å². The summed E-state index contributed by atoms with van der Waals surface area (Å²) in [6, 6.07) is 6.81. The van der Waals surface area contributed by atoms with Gasteiger partial charge in [0.05, 0.1) is 5.69 Å². The zero-order chi connectivity index (χ0) is 15.8. The van der Waals surface area contributed by atoms with Crippen LogP contribution in [-0.4, -0.2) is 43.7 Å². The number of benzene rings is 1. The maximum atomic E-state index is 13.8. The third-order valence-corrected chi connectivity index (χ3v) is 4.07. The molecule has 1 fully saturated rings. The van der Waals surface area contributed by atoms with Crippen LogP contribution in [0.5, 0.6) is 0 Å². The Kier molecular flexibility index (Phi) is 6.49. The number of urea groups is 1. The van der Waals surface area contributed by atoms with Crippen molar-refractivity contribution in [1.82, 2.24) is 10.2 Å². The fourth-order valence-electron chi connectivity index (χ4n) is 2.72. The van der Waals surface area contributed by atoms with Gasteiger partial charge in [0.1, 0.15) is 5.82 Å². The molecule has 4 nitrogen and oxygen atoms in total. The third-order valence-electron chi connectivity index (χ3n) is 4.07. The van der Waals surface area contributed by atoms with E-state index in [0.717, 1.165) is 19.4 Å². The molecular weight excluding hydrogens is 281 g/mol. The van der Waals surface area contributed by atoms with Gasteiger partial charge in [-0.2, -0.15) is 0 Å². The second-order valence-corrected chi connectivity index (χ2v) is 5.72. The zero-order valence-corrected chi connectivity index (χ0v) is 13.4. The van der Waals surface area contributed by atoms with E-state index >= 15 is 0 Å². The molecule has 0 radical (unpaired) electrons. The molecule has 0 spiro atoms. The Labute approximate surface area is 132 Å². The summed E-state index contributed by atoms with van der Waals surface area (Å²) < 4.78 is 13.8. The van der Waals surface area contributed by atoms with Crippen LogP contribution < -0.4 is 10.2 Å². The zero-order valence-electron chi connectivity index (χ0n) is 13.4. The number of hydrogen-bond acceptors (Lipinski definition) is 2. The van der Waals surface area contributed by atoms with Crippen LogP contribution in [0.15, 0.2) is 24.3 Å². The number of rotatable bonds is 6. The molecule has 1 aliphatic rings. The smallest absolute Gasteiger partial charge is 0.317 e. The fraction of sp³-hybridized carbons (Fsp3) is 0.588. The van der Waals surface area contributed by atoms with Crippen LogP contribution in [0.3, 0.4) is 0 Å². The Morgan fingerprint density at radius 3 is 2.55 bits per heavy atom. The van der Waals surface area contributed by atoms with Gasteiger partial charge in [0.15, 0.2) is 0 Å². The molecule has 1 heterocycles. The Morgan fingerprint density at radius 1 is 1.14 bits per heavy atom. The van der Waals surface area contributed by atoms with Crippen molar-refractivity contribution in [2.24, 2.45) is 0 Å². The molecule has 1 aliphatic heterocycles. The number of para-hydroxylation sites is 1. The molecule has 1 aromatic rings. The van der Waals surface area contributed by atoms with E-state index in [-0.39, 0.29) is 11.8 Å². The monoisotopic (exact) mass is 307 g/mol. The Morgan fingerprint density at radius 2 is 1.86 bits per heavy atom. The predicted octanol–water partition coefficient (Wildman–Crippen LogP) is 3.24. The number of carbonyl (C=O) groups is 1. The Hall–Kier alpha value is -1.78. The number of anilines is 1. The Bertz CT molecular complexity index is 473. The highest BCUT2D eigenvalue weighted by atomic mass is 19.1. The molecule has 0 aromatic heterocycles. The van der Waals surface area contributed by atoms with Crippen LogP contribution in [0.25, 0.3) is 0 Å². The first-order valence-electron chi connectivity index (χ1n) is 8.24. The maximum absolute atomic E-state index is 13.8. The van der Waals surface area contributed by atoms with E-state index in [2.05, 4.69) is 12.2 Å². The van der Waals surface area contributed by atoms with Crippen LogP contribution >= 0.6 is 0 Å². The van der Waals surface area contributed by atoms with Crippen molar-refractivity contribution < 1.29 is 9.18 Å². The molecule has 0 atom stereocenters. The van der Waals surface area contributed by atoms with E-state index in [1.54, 1.807) is 12.1 Å². The van der Waals surface area contributed by atoms with Crippen LogP contribution in [0.4, 0.5) is 14.9 Å². The largest absolute Gasteiger partial charge is 0.366 e. The molecule has 1 saturated heterocycles. The lowest BCUT2D eigenvalue weighted by Crippen LogP contribution is -2.52. The number of amides is 2. The van der Waals surface area contributed by atoms with Gasteiger partial charge in [-0.25, -0.2) is 9.18 Å². The summed E-state index contributed by atoms with van der Waals surface area (Å²) in [4.78, 5) is 15.9. The fourth-order valence-corrected chi connectivity index (χ4v) is 2.72. The SMILES string of the molecule is CCCCCCNC(=O)N1CCN(c2ccccc2F)CC1. The summed E-state index contributed by atoms with van der Waals surface area (Å²) in [5.41, 5.74) is 0.627. The van der Waals surface area contributed by atoms with Crippen LogP contribution in [0, 0.1) is 5.82 Å². The van der Waals surface area contributed by atoms with Crippen molar-refractivity contribution in [3.8, 4) is 0 Å². The minimum Gasteiger partial charge on any atom is -0.366 e. The van der Waals surface area contributed by atoms with Gasteiger partial charge in [0, 0.05) is 32.7 Å². The van der Waals surface area contributed by atoms with Crippen molar-refractivity contribution in [3.63, 3.8) is 0 Å². The highest BCUT2D eigenvalue weighted by Gasteiger charge is 2.22. The molecule has 1 N–H and O–H groups in total. The first-order valence-corrected chi connectivity index (χ1v) is 8.24. The lowest BCUT2D eigenvalue weighted by atomic mass is 10.2. The number of unbranched alkanes of at least 4 members (excludes halogenated alkanes) is 3. The summed E-state index contributed by atoms with van der Waals surface area (Å²) in [5.74, 6) is -0.198. The second kappa shape index (κ2) is 8.61. The molecule has 0 unspecified atom stereocenters. The van der Waals surface area contributed by atoms with Crippen molar-refractivity contribution in [2.45, 2.75) is 32.6 Å². The van der Waals surface area contributed by atoms with E-state index < -0.39 is 0 Å². The first kappa shape index (κ1) is 16.6. The number of nitrogens with one attached hydrogen (secondary N) is 1. The lowest BCUT2D eigenvalue weighted by molar-refractivity contribution is 0.194. The van der Waals surface area contributed by atoms with E-state index in [1.165, 1.54) is 18.9 Å². The van der Waals surface area contributed by atoms with Crippen LogP contribution in [-0.2, 0) is 0 Å². The molecular formula is C17H26FN3O. The standard InChI is InChI=1S/C17H26FN3O/c1-2-3-4-7-10-19-17(22)21-13-11-20(12-14-21)16-9-6-5-8-15(16)18/h5-6,8-9H,2-4,7,10-14H2,1H3,(H,19,22). The summed E-state index contributed by atoms with van der Waals surface area (Å²) >= 11 is 0. The molecule has 2 rings (SSSR count). The van der Waals surface area contributed by atoms with E-state index in [1.807, 2.05) is 15.9 Å². The van der Waals surface area contributed by atoms with E-state index in [9.17, 15) is 9.18 Å². The molecule has 0 saturated carbocycles. The van der Waals surface area contributed by atoms with Gasteiger partial charge in [-0.05, 0) is 18.6 Å². The van der Waals surface area contributed by atoms with Crippen molar-refractivity contribution in [1.29, 1.82) is 0 Å². The molecule has 122 valence electrons. The number of halogens is 1. The van der Waals surface area contributed by atoms with Gasteiger partial charge in [-0.1, -0.05) is 38.3 Å². The van der Waals surface area contributed by atoms with Gasteiger partial charge in [-0.3, -0.25) is 0 Å². The average Bonchev–Trinajstić information content (AvgIpc) is 2.55. The predicted molar refractivity (Wildman–Crippen MR) is 87.7 cm³/mol. The van der Waals surface area contributed by atoms with E-state index in [4.69, 9.17) is 0 Å². The van der Waals surface area contributed by atoms with Crippen molar-refractivity contribution in [2.75, 3.05) is 37.6 Å². The van der Waals surface area contributed by atoms with Gasteiger partial charge < -0.3 is 15.1 Å². The summed E-state index contributed by atoms with van der Waals surface area (Å²) in [5, 5.41) is 2.97. The quantitative estimate of drug-likeness (QED) is 0.819. The minimum absolute atomic E-state index is 0.00434. The number of piperazine rings is 1. The summed E-state index contributed by atoms with van der Waals surface area (Å²) in [6.07, 6.45) is 4.62. The van der Waals surface area contributed by atoms with Crippen molar-refractivity contribution in [3.05, 3.63) is 30.1 Å². The van der Waals surface area contributed by atoms with Crippen LogP contribution in [0.2, 0.25) is 0 Å². The highest BCUT2D eigenvalue weighted by Crippen LogP contribution is 2.20. The summed E-state index contributed by atoms with van der Waals surface area (Å²) in [7, 11) is 0. The van der Waals surface area contributed by atoms with Gasteiger partial charge >= 0.3 is 6.03 Å². The number of hydrogen-bond donors (Lipinski definition) is 1. The van der Waals surface area contributed by atoms with Crippen LogP contribution in [0.1, 0.15) is 32.6 Å². The topological polar surface area (TPSA) is 35.6 Å². The number of carbonyl (C=O) groups excluding carboxylic acids is 1. The normalized spacial score (nSPS) is 15.0. The average molecular weight is 307 g/mol. The van der Waals surface area contributed by atoms with Gasteiger partial charge in [-0.15, -0.1) is 0 Å². The maximum Gasteiger partial charge on any atom is 0.317 e. The highest BCUT2D eigenvalue weighted by molar-refractivity contribution is 5.74. The molecule has 0 aliphatic carbocycles. The molecule has 22 heavy (non-hydrogen) atoms. The molecule has 5 heteroatoms. The lowest BCUT2D eigenvalue weighted by Gasteiger charge is -2.36. The minimum atomic E-state index is -0.198. The first-order chi connectivity index (χ1) is 10.7. The number of nitrogens with zero attached hydrogens (tertiary/aromatic N) is 2.